The van der Waals surface area contributed by atoms with E-state index in [4.69, 9.17) is 0 Å². The van der Waals surface area contributed by atoms with Gasteiger partial charge in [0.05, 0.1) is 5.75 Å². The monoisotopic (exact) mass is 363 g/mol. The van der Waals surface area contributed by atoms with E-state index in [2.05, 4.69) is 33.2 Å². The molecule has 5 nitrogen and oxygen atoms in total. The van der Waals surface area contributed by atoms with Crippen LogP contribution in [0.3, 0.4) is 0 Å². The molecule has 0 bridgehead atoms. The smallest absolute Gasteiger partial charge is 0.149 e. The lowest BCUT2D eigenvalue weighted by molar-refractivity contribution is 0.600. The van der Waals surface area contributed by atoms with Gasteiger partial charge in [-0.1, -0.05) is 6.92 Å². The van der Waals surface area contributed by atoms with Crippen LogP contribution in [0.2, 0.25) is 0 Å². The summed E-state index contributed by atoms with van der Waals surface area (Å²) < 4.78 is 23.4. The van der Waals surface area contributed by atoms with Crippen molar-refractivity contribution >= 4 is 31.6 Å². The summed E-state index contributed by atoms with van der Waals surface area (Å²) in [6.45, 7) is 4.22. The molecule has 0 amide bonds. The highest BCUT2D eigenvalue weighted by Crippen LogP contribution is 2.20. The van der Waals surface area contributed by atoms with E-state index in [1.54, 1.807) is 6.20 Å². The van der Waals surface area contributed by atoms with Crippen molar-refractivity contribution in [1.82, 2.24) is 10.3 Å². The molecule has 0 spiro atoms. The van der Waals surface area contributed by atoms with Crippen LogP contribution < -0.4 is 10.2 Å². The Balaban J connectivity index is 2.81. The Labute approximate surface area is 129 Å². The number of nitrogens with one attached hydrogen (secondary N) is 1. The highest BCUT2D eigenvalue weighted by atomic mass is 79.9. The summed E-state index contributed by atoms with van der Waals surface area (Å²) in [6.07, 6.45) is 4.05. The average molecular weight is 364 g/mol. The maximum absolute atomic E-state index is 11.3. The lowest BCUT2D eigenvalue weighted by Crippen LogP contribution is -2.27. The normalized spacial score (nSPS) is 11.6. The Hall–Kier alpha value is -0.660. The van der Waals surface area contributed by atoms with Gasteiger partial charge in [-0.3, -0.25) is 0 Å². The molecule has 0 aliphatic rings. The van der Waals surface area contributed by atoms with Crippen LogP contribution in [0, 0.1) is 0 Å². The number of halogens is 1. The molecule has 1 aromatic heterocycles. The zero-order valence-corrected chi connectivity index (χ0v) is 14.6. The number of nitrogens with zero attached hydrogens (tertiary/aromatic N) is 2. The minimum atomic E-state index is -2.96. The van der Waals surface area contributed by atoms with Crippen molar-refractivity contribution in [2.24, 2.45) is 0 Å². The number of anilines is 1. The van der Waals surface area contributed by atoms with Crippen LogP contribution in [-0.4, -0.2) is 45.5 Å². The lowest BCUT2D eigenvalue weighted by atomic mass is 10.2. The van der Waals surface area contributed by atoms with Crippen molar-refractivity contribution in [3.63, 3.8) is 0 Å². The Morgan fingerprint density at radius 2 is 2.15 bits per heavy atom. The predicted octanol–water partition coefficient (Wildman–Crippen LogP) is 1.82. The zero-order valence-electron chi connectivity index (χ0n) is 12.2. The van der Waals surface area contributed by atoms with E-state index in [-0.39, 0.29) is 5.75 Å². The molecule has 114 valence electrons. The molecule has 20 heavy (non-hydrogen) atoms. The van der Waals surface area contributed by atoms with Crippen LogP contribution in [0.15, 0.2) is 16.7 Å². The third kappa shape index (κ3) is 6.19. The molecule has 1 aromatic rings. The number of pyridine rings is 1. The largest absolute Gasteiger partial charge is 0.358 e. The van der Waals surface area contributed by atoms with E-state index < -0.39 is 9.84 Å². The average Bonchev–Trinajstić information content (AvgIpc) is 2.36. The van der Waals surface area contributed by atoms with E-state index in [9.17, 15) is 8.42 Å². The van der Waals surface area contributed by atoms with Crippen molar-refractivity contribution in [2.75, 3.05) is 37.0 Å². The fourth-order valence-electron chi connectivity index (χ4n) is 1.76. The molecule has 0 saturated heterocycles. The third-order valence-electron chi connectivity index (χ3n) is 2.81. The van der Waals surface area contributed by atoms with E-state index in [1.807, 2.05) is 18.0 Å². The summed E-state index contributed by atoms with van der Waals surface area (Å²) in [6, 6.07) is 2.02. The number of aromatic nitrogens is 1. The van der Waals surface area contributed by atoms with Crippen molar-refractivity contribution in [1.29, 1.82) is 0 Å². The summed E-state index contributed by atoms with van der Waals surface area (Å²) in [5.41, 5.74) is 1.06. The highest BCUT2D eigenvalue weighted by molar-refractivity contribution is 9.10. The van der Waals surface area contributed by atoms with Crippen molar-refractivity contribution in [3.05, 3.63) is 22.3 Å². The van der Waals surface area contributed by atoms with Crippen LogP contribution in [0.1, 0.15) is 18.9 Å². The Morgan fingerprint density at radius 1 is 1.45 bits per heavy atom. The van der Waals surface area contributed by atoms with Gasteiger partial charge in [-0.05, 0) is 35.0 Å². The van der Waals surface area contributed by atoms with Gasteiger partial charge in [0, 0.05) is 42.6 Å². The summed E-state index contributed by atoms with van der Waals surface area (Å²) in [5.74, 6) is 0.948. The molecule has 7 heteroatoms. The fourth-order valence-corrected chi connectivity index (χ4v) is 2.74. The quantitative estimate of drug-likeness (QED) is 0.713. The lowest BCUT2D eigenvalue weighted by Gasteiger charge is -2.21. The highest BCUT2D eigenvalue weighted by Gasteiger charge is 2.12. The molecule has 1 heterocycles. The Morgan fingerprint density at radius 3 is 2.75 bits per heavy atom. The second-order valence-corrected chi connectivity index (χ2v) is 8.04. The van der Waals surface area contributed by atoms with Crippen LogP contribution >= 0.6 is 15.9 Å². The van der Waals surface area contributed by atoms with Gasteiger partial charge in [0.1, 0.15) is 15.7 Å². The second-order valence-electron chi connectivity index (χ2n) is 4.86. The standard InChI is InChI=1S/C13H22BrN3O2S/c1-4-5-15-9-11-8-12(14)10-16-13(11)17(2)6-7-20(3,18)19/h8,10,15H,4-7,9H2,1-3H3. The van der Waals surface area contributed by atoms with Crippen LogP contribution in [0.4, 0.5) is 5.82 Å². The minimum absolute atomic E-state index is 0.128. The summed E-state index contributed by atoms with van der Waals surface area (Å²) in [5, 5.41) is 3.34. The topological polar surface area (TPSA) is 62.3 Å². The molecule has 1 rings (SSSR count). The first-order valence-corrected chi connectivity index (χ1v) is 9.43. The molecule has 0 saturated carbocycles. The van der Waals surface area contributed by atoms with E-state index in [1.165, 1.54) is 6.26 Å². The number of hydrogen-bond donors (Lipinski definition) is 1. The van der Waals surface area contributed by atoms with Gasteiger partial charge < -0.3 is 10.2 Å². The Bertz CT molecular complexity index is 534. The minimum Gasteiger partial charge on any atom is -0.358 e. The summed E-state index contributed by atoms with van der Waals surface area (Å²) in [4.78, 5) is 6.29. The summed E-state index contributed by atoms with van der Waals surface area (Å²) >= 11 is 3.42. The molecule has 0 radical (unpaired) electrons. The van der Waals surface area contributed by atoms with Gasteiger partial charge in [-0.15, -0.1) is 0 Å². The number of sulfone groups is 1. The molecule has 0 aromatic carbocycles. The van der Waals surface area contributed by atoms with Crippen LogP contribution in [-0.2, 0) is 16.4 Å². The molecule has 0 aliphatic carbocycles. The van der Waals surface area contributed by atoms with Gasteiger partial charge >= 0.3 is 0 Å². The molecule has 0 atom stereocenters. The molecular formula is C13H22BrN3O2S. The van der Waals surface area contributed by atoms with Crippen molar-refractivity contribution in [3.8, 4) is 0 Å². The van der Waals surface area contributed by atoms with Gasteiger partial charge in [-0.25, -0.2) is 13.4 Å². The maximum atomic E-state index is 11.3. The van der Waals surface area contributed by atoms with Crippen molar-refractivity contribution < 1.29 is 8.42 Å². The molecule has 0 aliphatic heterocycles. The SMILES string of the molecule is CCCNCc1cc(Br)cnc1N(C)CCS(C)(=O)=O. The Kier molecular flexibility index (Phi) is 6.91. The fraction of sp³-hybridized carbons (Fsp3) is 0.615. The zero-order chi connectivity index (χ0) is 15.2. The second kappa shape index (κ2) is 7.95. The van der Waals surface area contributed by atoms with Gasteiger partial charge in [-0.2, -0.15) is 0 Å². The number of rotatable bonds is 8. The van der Waals surface area contributed by atoms with Gasteiger partial charge in [0.2, 0.25) is 0 Å². The van der Waals surface area contributed by atoms with Crippen molar-refractivity contribution in [2.45, 2.75) is 19.9 Å². The first kappa shape index (κ1) is 17.4. The number of hydrogen-bond acceptors (Lipinski definition) is 5. The van der Waals surface area contributed by atoms with Gasteiger partial charge in [0.25, 0.3) is 0 Å². The van der Waals surface area contributed by atoms with E-state index >= 15 is 0 Å². The van der Waals surface area contributed by atoms with E-state index in [0.29, 0.717) is 6.54 Å². The van der Waals surface area contributed by atoms with Crippen LogP contribution in [0.5, 0.6) is 0 Å². The molecule has 1 N–H and O–H groups in total. The summed E-state index contributed by atoms with van der Waals surface area (Å²) in [7, 11) is -1.10. The first-order valence-electron chi connectivity index (χ1n) is 6.57. The first-order chi connectivity index (χ1) is 9.33. The molecule has 0 unspecified atom stereocenters. The van der Waals surface area contributed by atoms with E-state index in [0.717, 1.165) is 35.4 Å². The third-order valence-corrected chi connectivity index (χ3v) is 4.17. The van der Waals surface area contributed by atoms with Crippen LogP contribution in [0.25, 0.3) is 0 Å². The van der Waals surface area contributed by atoms with Gasteiger partial charge in [0.15, 0.2) is 0 Å². The predicted molar refractivity (Wildman–Crippen MR) is 86.9 cm³/mol. The maximum Gasteiger partial charge on any atom is 0.149 e. The molecule has 0 fully saturated rings. The molecular weight excluding hydrogens is 342 g/mol.